The predicted molar refractivity (Wildman–Crippen MR) is 71.6 cm³/mol. The number of rotatable bonds is 3. The van der Waals surface area contributed by atoms with Crippen molar-refractivity contribution in [2.24, 2.45) is 0 Å². The highest BCUT2D eigenvalue weighted by atomic mass is 35.5. The third-order valence-electron chi connectivity index (χ3n) is 2.95. The Morgan fingerprint density at radius 2 is 1.94 bits per heavy atom. The van der Waals surface area contributed by atoms with Gasteiger partial charge in [-0.25, -0.2) is 13.1 Å². The minimum atomic E-state index is -3.44. The SMILES string of the molecule is Cc1cc(S(=O)(=O)NC2CCNCC2)c(C)o1.Cl. The van der Waals surface area contributed by atoms with Crippen LogP contribution < -0.4 is 10.0 Å². The molecule has 0 aliphatic carbocycles. The largest absolute Gasteiger partial charge is 0.465 e. The lowest BCUT2D eigenvalue weighted by atomic mass is 10.1. The van der Waals surface area contributed by atoms with Crippen molar-refractivity contribution in [3.8, 4) is 0 Å². The van der Waals surface area contributed by atoms with E-state index in [1.54, 1.807) is 19.9 Å². The Bertz CT molecular complexity index is 492. The summed E-state index contributed by atoms with van der Waals surface area (Å²) in [5.74, 6) is 1.07. The van der Waals surface area contributed by atoms with E-state index >= 15 is 0 Å². The van der Waals surface area contributed by atoms with E-state index in [9.17, 15) is 8.42 Å². The first kappa shape index (κ1) is 15.5. The number of furan rings is 1. The van der Waals surface area contributed by atoms with Gasteiger partial charge in [0, 0.05) is 6.04 Å². The molecular formula is C11H19ClN2O3S. The fourth-order valence-corrected chi connectivity index (χ4v) is 3.64. The van der Waals surface area contributed by atoms with Gasteiger partial charge in [0.25, 0.3) is 0 Å². The van der Waals surface area contributed by atoms with Crippen molar-refractivity contribution in [1.82, 2.24) is 10.0 Å². The minimum Gasteiger partial charge on any atom is -0.465 e. The Morgan fingerprint density at radius 3 is 2.44 bits per heavy atom. The van der Waals surface area contributed by atoms with Crippen LogP contribution in [0.1, 0.15) is 24.4 Å². The summed E-state index contributed by atoms with van der Waals surface area (Å²) in [6.45, 7) is 5.13. The van der Waals surface area contributed by atoms with E-state index in [0.29, 0.717) is 11.5 Å². The third kappa shape index (κ3) is 3.47. The lowest BCUT2D eigenvalue weighted by Gasteiger charge is -2.23. The Balaban J connectivity index is 0.00000162. The van der Waals surface area contributed by atoms with Gasteiger partial charge in [0.05, 0.1) is 0 Å². The molecule has 5 nitrogen and oxygen atoms in total. The number of nitrogens with one attached hydrogen (secondary N) is 2. The van der Waals surface area contributed by atoms with Gasteiger partial charge in [-0.3, -0.25) is 0 Å². The fraction of sp³-hybridized carbons (Fsp3) is 0.636. The first-order valence-corrected chi connectivity index (χ1v) is 7.27. The number of halogens is 1. The molecular weight excluding hydrogens is 276 g/mol. The molecule has 0 spiro atoms. The highest BCUT2D eigenvalue weighted by Gasteiger charge is 2.25. The number of aryl methyl sites for hydroxylation is 2. The maximum absolute atomic E-state index is 12.1. The summed E-state index contributed by atoms with van der Waals surface area (Å²) in [5.41, 5.74) is 0. The Labute approximate surface area is 114 Å². The zero-order chi connectivity index (χ0) is 12.5. The zero-order valence-corrected chi connectivity index (χ0v) is 12.2. The summed E-state index contributed by atoms with van der Waals surface area (Å²) in [4.78, 5) is 0.258. The highest BCUT2D eigenvalue weighted by Crippen LogP contribution is 2.20. The van der Waals surface area contributed by atoms with Gasteiger partial charge in [0.15, 0.2) is 0 Å². The molecule has 2 N–H and O–H groups in total. The van der Waals surface area contributed by atoms with Gasteiger partial charge in [-0.15, -0.1) is 12.4 Å². The molecule has 2 heterocycles. The average Bonchev–Trinajstić information content (AvgIpc) is 2.59. The van der Waals surface area contributed by atoms with Crippen LogP contribution in [-0.4, -0.2) is 27.5 Å². The molecule has 7 heteroatoms. The van der Waals surface area contributed by atoms with E-state index in [0.717, 1.165) is 25.9 Å². The second-order valence-electron chi connectivity index (χ2n) is 4.42. The number of hydrogen-bond acceptors (Lipinski definition) is 4. The first-order valence-electron chi connectivity index (χ1n) is 5.79. The van der Waals surface area contributed by atoms with Crippen LogP contribution >= 0.6 is 12.4 Å². The summed E-state index contributed by atoms with van der Waals surface area (Å²) in [6.07, 6.45) is 1.66. The number of sulfonamides is 1. The molecule has 1 aromatic rings. The standard InChI is InChI=1S/C11H18N2O3S.ClH/c1-8-7-11(9(2)16-8)17(14,15)13-10-3-5-12-6-4-10;/h7,10,12-13H,3-6H2,1-2H3;1H. The van der Waals surface area contributed by atoms with Crippen molar-refractivity contribution in [2.75, 3.05) is 13.1 Å². The van der Waals surface area contributed by atoms with E-state index in [1.807, 2.05) is 0 Å². The highest BCUT2D eigenvalue weighted by molar-refractivity contribution is 7.89. The molecule has 0 atom stereocenters. The molecule has 18 heavy (non-hydrogen) atoms. The molecule has 1 aliphatic rings. The molecule has 0 saturated carbocycles. The van der Waals surface area contributed by atoms with Crippen molar-refractivity contribution in [2.45, 2.75) is 37.6 Å². The quantitative estimate of drug-likeness (QED) is 0.883. The molecule has 0 radical (unpaired) electrons. The summed E-state index contributed by atoms with van der Waals surface area (Å²) in [5, 5.41) is 3.20. The summed E-state index contributed by atoms with van der Waals surface area (Å²) in [7, 11) is -3.44. The molecule has 2 rings (SSSR count). The molecule has 0 aromatic carbocycles. The van der Waals surface area contributed by atoms with Crippen molar-refractivity contribution in [1.29, 1.82) is 0 Å². The van der Waals surface area contributed by atoms with Gasteiger partial charge in [-0.2, -0.15) is 0 Å². The predicted octanol–water partition coefficient (Wildman–Crippen LogP) is 1.35. The lowest BCUT2D eigenvalue weighted by molar-refractivity contribution is 0.426. The lowest BCUT2D eigenvalue weighted by Crippen LogP contribution is -2.42. The second kappa shape index (κ2) is 6.06. The van der Waals surface area contributed by atoms with Crippen LogP contribution in [0.2, 0.25) is 0 Å². The molecule has 1 saturated heterocycles. The van der Waals surface area contributed by atoms with Gasteiger partial charge in [-0.05, 0) is 45.8 Å². The Kier molecular flexibility index (Phi) is 5.21. The van der Waals surface area contributed by atoms with Gasteiger partial charge in [0.2, 0.25) is 10.0 Å². The first-order chi connectivity index (χ1) is 7.99. The molecule has 1 aromatic heterocycles. The number of hydrogen-bond donors (Lipinski definition) is 2. The van der Waals surface area contributed by atoms with Gasteiger partial charge in [0.1, 0.15) is 16.4 Å². The Hall–Kier alpha value is -0.560. The third-order valence-corrected chi connectivity index (χ3v) is 4.57. The van der Waals surface area contributed by atoms with Crippen LogP contribution in [0.3, 0.4) is 0 Å². The van der Waals surface area contributed by atoms with Crippen LogP contribution in [0, 0.1) is 13.8 Å². The monoisotopic (exact) mass is 294 g/mol. The van der Waals surface area contributed by atoms with Crippen LogP contribution in [0.4, 0.5) is 0 Å². The van der Waals surface area contributed by atoms with E-state index in [-0.39, 0.29) is 23.3 Å². The molecule has 0 unspecified atom stereocenters. The average molecular weight is 295 g/mol. The van der Waals surface area contributed by atoms with E-state index < -0.39 is 10.0 Å². The van der Waals surface area contributed by atoms with Crippen molar-refractivity contribution >= 4 is 22.4 Å². The van der Waals surface area contributed by atoms with Crippen molar-refractivity contribution in [3.05, 3.63) is 17.6 Å². The molecule has 1 fully saturated rings. The second-order valence-corrected chi connectivity index (χ2v) is 6.11. The Morgan fingerprint density at radius 1 is 1.33 bits per heavy atom. The summed E-state index contributed by atoms with van der Waals surface area (Å²) in [6, 6.07) is 1.59. The van der Waals surface area contributed by atoms with Crippen molar-refractivity contribution < 1.29 is 12.8 Å². The topological polar surface area (TPSA) is 71.3 Å². The van der Waals surface area contributed by atoms with E-state index in [1.165, 1.54) is 0 Å². The van der Waals surface area contributed by atoms with Gasteiger partial charge in [-0.1, -0.05) is 0 Å². The summed E-state index contributed by atoms with van der Waals surface area (Å²) < 4.78 is 32.3. The normalized spacial score (nSPS) is 17.4. The maximum Gasteiger partial charge on any atom is 0.244 e. The maximum atomic E-state index is 12.1. The molecule has 1 aliphatic heterocycles. The van der Waals surface area contributed by atoms with Crippen LogP contribution in [0.25, 0.3) is 0 Å². The zero-order valence-electron chi connectivity index (χ0n) is 10.5. The minimum absolute atomic E-state index is 0. The van der Waals surface area contributed by atoms with Crippen LogP contribution in [0.5, 0.6) is 0 Å². The molecule has 0 amide bonds. The van der Waals surface area contributed by atoms with E-state index in [2.05, 4.69) is 10.0 Å². The van der Waals surface area contributed by atoms with Crippen LogP contribution in [-0.2, 0) is 10.0 Å². The van der Waals surface area contributed by atoms with E-state index in [4.69, 9.17) is 4.42 Å². The van der Waals surface area contributed by atoms with Gasteiger partial charge < -0.3 is 9.73 Å². The smallest absolute Gasteiger partial charge is 0.244 e. The van der Waals surface area contributed by atoms with Crippen molar-refractivity contribution in [3.63, 3.8) is 0 Å². The molecule has 104 valence electrons. The number of piperidine rings is 1. The molecule has 0 bridgehead atoms. The summed E-state index contributed by atoms with van der Waals surface area (Å²) >= 11 is 0. The van der Waals surface area contributed by atoms with Gasteiger partial charge >= 0.3 is 0 Å². The fourth-order valence-electron chi connectivity index (χ4n) is 2.10. The van der Waals surface area contributed by atoms with Crippen LogP contribution in [0.15, 0.2) is 15.4 Å².